The molecular weight excluding hydrogens is 286 g/mol. The van der Waals surface area contributed by atoms with Crippen molar-refractivity contribution in [1.29, 1.82) is 0 Å². The molecule has 1 aromatic heterocycles. The van der Waals surface area contributed by atoms with Crippen LogP contribution >= 0.6 is 31.9 Å². The summed E-state index contributed by atoms with van der Waals surface area (Å²) >= 11 is 6.64. The molecular formula is C8H5Br2NO. The van der Waals surface area contributed by atoms with Crippen molar-refractivity contribution >= 4 is 37.6 Å². The van der Waals surface area contributed by atoms with Gasteiger partial charge >= 0.3 is 0 Å². The van der Waals surface area contributed by atoms with Crippen LogP contribution in [-0.4, -0.2) is 10.8 Å². The molecule has 2 rings (SSSR count). The molecule has 0 saturated heterocycles. The number of carbonyl (C=O) groups excluding carboxylic acids is 1. The van der Waals surface area contributed by atoms with E-state index in [0.717, 1.165) is 26.6 Å². The van der Waals surface area contributed by atoms with E-state index in [1.165, 1.54) is 0 Å². The van der Waals surface area contributed by atoms with Crippen LogP contribution in [0.15, 0.2) is 15.3 Å². The zero-order valence-corrected chi connectivity index (χ0v) is 9.27. The highest BCUT2D eigenvalue weighted by atomic mass is 79.9. The maximum Gasteiger partial charge on any atom is 0.164 e. The lowest BCUT2D eigenvalue weighted by Crippen LogP contribution is -1.94. The van der Waals surface area contributed by atoms with Gasteiger partial charge in [0.2, 0.25) is 0 Å². The lowest BCUT2D eigenvalue weighted by atomic mass is 10.2. The number of aromatic nitrogens is 1. The van der Waals surface area contributed by atoms with Crippen LogP contribution in [0.4, 0.5) is 0 Å². The highest BCUT2D eigenvalue weighted by Crippen LogP contribution is 2.32. The molecule has 0 unspecified atom stereocenters. The van der Waals surface area contributed by atoms with Crippen LogP contribution in [0.1, 0.15) is 22.3 Å². The molecule has 0 saturated carbocycles. The van der Waals surface area contributed by atoms with Gasteiger partial charge in [-0.15, -0.1) is 0 Å². The fourth-order valence-electron chi connectivity index (χ4n) is 1.40. The van der Waals surface area contributed by atoms with Gasteiger partial charge in [-0.05, 0) is 43.8 Å². The Morgan fingerprint density at radius 1 is 1.33 bits per heavy atom. The van der Waals surface area contributed by atoms with Gasteiger partial charge in [-0.25, -0.2) is 4.98 Å². The van der Waals surface area contributed by atoms with Gasteiger partial charge in [0, 0.05) is 22.7 Å². The third-order valence-electron chi connectivity index (χ3n) is 1.96. The van der Waals surface area contributed by atoms with E-state index in [9.17, 15) is 4.79 Å². The molecule has 0 aliphatic heterocycles. The largest absolute Gasteiger partial charge is 0.294 e. The van der Waals surface area contributed by atoms with Gasteiger partial charge in [-0.3, -0.25) is 4.79 Å². The Bertz CT molecular complexity index is 362. The predicted molar refractivity (Wildman–Crippen MR) is 52.3 cm³/mol. The number of nitrogens with zero attached hydrogens (tertiary/aromatic N) is 1. The highest BCUT2D eigenvalue weighted by Gasteiger charge is 2.24. The van der Waals surface area contributed by atoms with Gasteiger partial charge in [0.05, 0.1) is 0 Å². The van der Waals surface area contributed by atoms with Crippen LogP contribution in [0.5, 0.6) is 0 Å². The van der Waals surface area contributed by atoms with E-state index in [-0.39, 0.29) is 5.78 Å². The van der Waals surface area contributed by atoms with Crippen LogP contribution in [0.2, 0.25) is 0 Å². The molecule has 0 fully saturated rings. The SMILES string of the molecule is O=C1CCc2c(Br)ncc(Br)c21. The molecule has 0 N–H and O–H groups in total. The van der Waals surface area contributed by atoms with E-state index in [4.69, 9.17) is 0 Å². The minimum absolute atomic E-state index is 0.208. The molecule has 62 valence electrons. The minimum Gasteiger partial charge on any atom is -0.294 e. The quantitative estimate of drug-likeness (QED) is 0.688. The molecule has 4 heteroatoms. The average Bonchev–Trinajstić information content (AvgIpc) is 2.42. The summed E-state index contributed by atoms with van der Waals surface area (Å²) in [6.07, 6.45) is 3.07. The molecule has 0 atom stereocenters. The first-order chi connectivity index (χ1) is 5.70. The van der Waals surface area contributed by atoms with Gasteiger partial charge in [-0.2, -0.15) is 0 Å². The number of Topliss-reactive ketones (excluding diaryl/α,β-unsaturated/α-hetero) is 1. The van der Waals surface area contributed by atoms with Crippen molar-refractivity contribution in [1.82, 2.24) is 4.98 Å². The van der Waals surface area contributed by atoms with E-state index in [1.807, 2.05) is 0 Å². The molecule has 0 amide bonds. The highest BCUT2D eigenvalue weighted by molar-refractivity contribution is 9.11. The van der Waals surface area contributed by atoms with Crippen molar-refractivity contribution in [2.75, 3.05) is 0 Å². The van der Waals surface area contributed by atoms with Gasteiger partial charge in [0.15, 0.2) is 5.78 Å². The molecule has 0 radical (unpaired) electrons. The lowest BCUT2D eigenvalue weighted by Gasteiger charge is -2.01. The zero-order valence-electron chi connectivity index (χ0n) is 6.10. The van der Waals surface area contributed by atoms with E-state index in [2.05, 4.69) is 36.8 Å². The number of fused-ring (bicyclic) bond motifs is 1. The summed E-state index contributed by atoms with van der Waals surface area (Å²) in [5, 5.41) is 0. The normalized spacial score (nSPS) is 15.0. The zero-order chi connectivity index (χ0) is 8.72. The maximum atomic E-state index is 11.4. The van der Waals surface area contributed by atoms with Gasteiger partial charge in [0.1, 0.15) is 4.60 Å². The summed E-state index contributed by atoms with van der Waals surface area (Å²) < 4.78 is 1.61. The first kappa shape index (κ1) is 8.38. The van der Waals surface area contributed by atoms with E-state index < -0.39 is 0 Å². The fourth-order valence-corrected chi connectivity index (χ4v) is 2.46. The molecule has 1 aromatic rings. The Labute approximate surface area is 86.6 Å². The third-order valence-corrected chi connectivity index (χ3v) is 3.25. The van der Waals surface area contributed by atoms with Crippen molar-refractivity contribution in [3.63, 3.8) is 0 Å². The summed E-state index contributed by atoms with van der Waals surface area (Å²) in [6, 6.07) is 0. The summed E-state index contributed by atoms with van der Waals surface area (Å²) in [7, 11) is 0. The van der Waals surface area contributed by atoms with E-state index in [0.29, 0.717) is 6.42 Å². The van der Waals surface area contributed by atoms with Crippen molar-refractivity contribution in [3.8, 4) is 0 Å². The van der Waals surface area contributed by atoms with Gasteiger partial charge < -0.3 is 0 Å². The summed E-state index contributed by atoms with van der Waals surface area (Å²) in [6.45, 7) is 0. The van der Waals surface area contributed by atoms with Crippen molar-refractivity contribution in [2.45, 2.75) is 12.8 Å². The molecule has 0 spiro atoms. The van der Waals surface area contributed by atoms with Gasteiger partial charge in [0.25, 0.3) is 0 Å². The average molecular weight is 291 g/mol. The number of carbonyl (C=O) groups is 1. The fraction of sp³-hybridized carbons (Fsp3) is 0.250. The van der Waals surface area contributed by atoms with E-state index >= 15 is 0 Å². The van der Waals surface area contributed by atoms with Crippen LogP contribution < -0.4 is 0 Å². The van der Waals surface area contributed by atoms with Crippen LogP contribution in [0, 0.1) is 0 Å². The van der Waals surface area contributed by atoms with Crippen molar-refractivity contribution in [3.05, 3.63) is 26.4 Å². The van der Waals surface area contributed by atoms with Crippen LogP contribution in [0.3, 0.4) is 0 Å². The standard InChI is InChI=1S/C8H5Br2NO/c9-5-3-11-8(10)4-1-2-6(12)7(4)5/h3H,1-2H2. The Morgan fingerprint density at radius 3 is 2.75 bits per heavy atom. The number of rotatable bonds is 0. The number of ketones is 1. The van der Waals surface area contributed by atoms with Crippen LogP contribution in [0.25, 0.3) is 0 Å². The second-order valence-corrected chi connectivity index (χ2v) is 4.28. The van der Waals surface area contributed by atoms with Crippen LogP contribution in [-0.2, 0) is 6.42 Å². The molecule has 1 aliphatic rings. The molecule has 12 heavy (non-hydrogen) atoms. The Kier molecular flexibility index (Phi) is 2.04. The Hall–Kier alpha value is -0.220. The predicted octanol–water partition coefficient (Wildman–Crippen LogP) is 2.74. The molecule has 2 nitrogen and oxygen atoms in total. The molecule has 0 aromatic carbocycles. The smallest absolute Gasteiger partial charge is 0.164 e. The number of pyridine rings is 1. The molecule has 0 bridgehead atoms. The van der Waals surface area contributed by atoms with Crippen molar-refractivity contribution in [2.24, 2.45) is 0 Å². The number of halogens is 2. The first-order valence-electron chi connectivity index (χ1n) is 3.56. The second kappa shape index (κ2) is 2.92. The first-order valence-corrected chi connectivity index (χ1v) is 5.15. The second-order valence-electron chi connectivity index (χ2n) is 2.67. The van der Waals surface area contributed by atoms with E-state index in [1.54, 1.807) is 6.20 Å². The topological polar surface area (TPSA) is 30.0 Å². The molecule has 1 aliphatic carbocycles. The molecule has 1 heterocycles. The van der Waals surface area contributed by atoms with Gasteiger partial charge in [-0.1, -0.05) is 0 Å². The number of hydrogen-bond acceptors (Lipinski definition) is 2. The summed E-state index contributed by atoms with van der Waals surface area (Å²) in [5.74, 6) is 0.208. The summed E-state index contributed by atoms with van der Waals surface area (Å²) in [5.41, 5.74) is 1.84. The third kappa shape index (κ3) is 1.13. The number of hydrogen-bond donors (Lipinski definition) is 0. The minimum atomic E-state index is 0.208. The Balaban J connectivity index is 2.72. The monoisotopic (exact) mass is 289 g/mol. The summed E-state index contributed by atoms with van der Waals surface area (Å²) in [4.78, 5) is 15.5. The Morgan fingerprint density at radius 2 is 2.08 bits per heavy atom. The van der Waals surface area contributed by atoms with Crippen molar-refractivity contribution < 1.29 is 4.79 Å². The lowest BCUT2D eigenvalue weighted by molar-refractivity contribution is 0.0994. The maximum absolute atomic E-state index is 11.4.